The number of amides is 2. The van der Waals surface area contributed by atoms with Crippen LogP contribution >= 0.6 is 11.6 Å². The monoisotopic (exact) mass is 344 g/mol. The van der Waals surface area contributed by atoms with Gasteiger partial charge in [-0.25, -0.2) is 8.42 Å². The summed E-state index contributed by atoms with van der Waals surface area (Å²) in [4.78, 5) is 23.6. The Morgan fingerprint density at radius 3 is 2.32 bits per heavy atom. The Kier molecular flexibility index (Phi) is 4.77. The predicted octanol–water partition coefficient (Wildman–Crippen LogP) is 0.954. The molecule has 0 heterocycles. The molecule has 0 bridgehead atoms. The Morgan fingerprint density at radius 1 is 1.23 bits per heavy atom. The van der Waals surface area contributed by atoms with E-state index >= 15 is 0 Å². The summed E-state index contributed by atoms with van der Waals surface area (Å²) in [5.74, 6) is -0.791. The lowest BCUT2D eigenvalue weighted by atomic mass is 9.95. The first-order valence-corrected chi connectivity index (χ1v) is 9.05. The molecule has 0 saturated heterocycles. The Balaban J connectivity index is 1.87. The van der Waals surface area contributed by atoms with Crippen molar-refractivity contribution in [1.82, 2.24) is 10.0 Å². The highest BCUT2D eigenvalue weighted by Crippen LogP contribution is 2.48. The fourth-order valence-corrected chi connectivity index (χ4v) is 2.90. The van der Waals surface area contributed by atoms with Crippen LogP contribution in [0.3, 0.4) is 0 Å². The molecular formula is C14H17ClN2O4S. The lowest BCUT2D eigenvalue weighted by Gasteiger charge is -2.15. The Labute approximate surface area is 134 Å². The molecule has 0 unspecified atom stereocenters. The van der Waals surface area contributed by atoms with Crippen molar-refractivity contribution in [3.63, 3.8) is 0 Å². The van der Waals surface area contributed by atoms with Crippen LogP contribution in [0.15, 0.2) is 24.3 Å². The molecule has 1 aliphatic rings. The van der Waals surface area contributed by atoms with Crippen molar-refractivity contribution in [2.75, 3.05) is 12.8 Å². The van der Waals surface area contributed by atoms with Crippen molar-refractivity contribution >= 4 is 33.4 Å². The fraction of sp³-hybridized carbons (Fsp3) is 0.429. The lowest BCUT2D eigenvalue weighted by Crippen LogP contribution is -2.38. The highest BCUT2D eigenvalue weighted by atomic mass is 35.5. The summed E-state index contributed by atoms with van der Waals surface area (Å²) in [5, 5.41) is 3.30. The summed E-state index contributed by atoms with van der Waals surface area (Å²) in [7, 11) is -3.56. The number of carbonyl (C=O) groups excluding carboxylic acids is 2. The average molecular weight is 345 g/mol. The van der Waals surface area contributed by atoms with Crippen LogP contribution in [0.1, 0.15) is 24.8 Å². The zero-order valence-electron chi connectivity index (χ0n) is 12.1. The summed E-state index contributed by atoms with van der Waals surface area (Å²) >= 11 is 5.84. The molecule has 1 aliphatic carbocycles. The highest BCUT2D eigenvalue weighted by molar-refractivity contribution is 7.89. The van der Waals surface area contributed by atoms with Crippen LogP contribution < -0.4 is 10.0 Å². The topological polar surface area (TPSA) is 92.3 Å². The van der Waals surface area contributed by atoms with E-state index in [-0.39, 0.29) is 18.9 Å². The van der Waals surface area contributed by atoms with Crippen molar-refractivity contribution < 1.29 is 18.0 Å². The van der Waals surface area contributed by atoms with Gasteiger partial charge in [-0.1, -0.05) is 23.7 Å². The van der Waals surface area contributed by atoms with E-state index in [9.17, 15) is 18.0 Å². The van der Waals surface area contributed by atoms with Gasteiger partial charge in [-0.3, -0.25) is 14.3 Å². The number of hydrogen-bond donors (Lipinski definition) is 2. The third kappa shape index (κ3) is 4.20. The van der Waals surface area contributed by atoms with Gasteiger partial charge in [0, 0.05) is 18.0 Å². The van der Waals surface area contributed by atoms with Crippen LogP contribution in [-0.2, 0) is 25.0 Å². The second kappa shape index (κ2) is 6.26. The molecule has 0 aliphatic heterocycles. The smallest absolute Gasteiger partial charge is 0.235 e. The Hall–Kier alpha value is -1.60. The molecule has 2 rings (SSSR count). The van der Waals surface area contributed by atoms with Gasteiger partial charge in [0.1, 0.15) is 0 Å². The van der Waals surface area contributed by atoms with Crippen LogP contribution in [-0.4, -0.2) is 33.0 Å². The fourth-order valence-electron chi connectivity index (χ4n) is 2.26. The first-order valence-electron chi connectivity index (χ1n) is 6.78. The van der Waals surface area contributed by atoms with Crippen molar-refractivity contribution in [3.05, 3.63) is 34.9 Å². The molecule has 8 heteroatoms. The van der Waals surface area contributed by atoms with Crippen LogP contribution in [0.2, 0.25) is 5.02 Å². The molecule has 6 nitrogen and oxygen atoms in total. The van der Waals surface area contributed by atoms with Crippen molar-refractivity contribution in [2.24, 2.45) is 0 Å². The molecule has 1 saturated carbocycles. The van der Waals surface area contributed by atoms with Crippen LogP contribution in [0.5, 0.6) is 0 Å². The normalized spacial score (nSPS) is 15.9. The second-order valence-corrected chi connectivity index (χ2v) is 7.58. The molecule has 120 valence electrons. The summed E-state index contributed by atoms with van der Waals surface area (Å²) in [5.41, 5.74) is 0.354. The molecule has 2 amide bonds. The quantitative estimate of drug-likeness (QED) is 0.803. The number of rotatable bonds is 6. The van der Waals surface area contributed by atoms with Crippen molar-refractivity contribution in [3.8, 4) is 0 Å². The molecule has 1 aromatic carbocycles. The van der Waals surface area contributed by atoms with E-state index in [0.717, 1.165) is 24.7 Å². The minimum Gasteiger partial charge on any atom is -0.355 e. The molecule has 0 radical (unpaired) electrons. The third-order valence-corrected chi connectivity index (χ3v) is 4.37. The second-order valence-electron chi connectivity index (χ2n) is 5.39. The number of nitrogens with one attached hydrogen (secondary N) is 2. The van der Waals surface area contributed by atoms with E-state index < -0.39 is 21.3 Å². The molecule has 1 aromatic rings. The van der Waals surface area contributed by atoms with Gasteiger partial charge >= 0.3 is 0 Å². The van der Waals surface area contributed by atoms with E-state index in [0.29, 0.717) is 5.02 Å². The summed E-state index contributed by atoms with van der Waals surface area (Å²) in [6.45, 7) is 0.0928. The van der Waals surface area contributed by atoms with Gasteiger partial charge in [-0.2, -0.15) is 0 Å². The minimum atomic E-state index is -3.56. The number of benzene rings is 1. The lowest BCUT2D eigenvalue weighted by molar-refractivity contribution is -0.123. The standard InChI is InChI=1S/C14H17ClN2O4S/c1-22(20,21)17-12(18)6-9-16-13(19)14(7-8-14)10-2-4-11(15)5-3-10/h2-5H,6-9H2,1H3,(H,16,19)(H,17,18). The maximum atomic E-state index is 12.3. The molecule has 1 fully saturated rings. The van der Waals surface area contributed by atoms with Crippen LogP contribution in [0.25, 0.3) is 0 Å². The first kappa shape index (κ1) is 16.8. The van der Waals surface area contributed by atoms with Gasteiger partial charge < -0.3 is 5.32 Å². The molecule has 0 spiro atoms. The van der Waals surface area contributed by atoms with E-state index in [1.54, 1.807) is 12.1 Å². The molecule has 0 atom stereocenters. The van der Waals surface area contributed by atoms with E-state index in [2.05, 4.69) is 5.32 Å². The van der Waals surface area contributed by atoms with Crippen LogP contribution in [0, 0.1) is 0 Å². The maximum Gasteiger partial charge on any atom is 0.235 e. The van der Waals surface area contributed by atoms with E-state index in [4.69, 9.17) is 11.6 Å². The van der Waals surface area contributed by atoms with Gasteiger partial charge in [0.05, 0.1) is 11.7 Å². The Morgan fingerprint density at radius 2 is 1.82 bits per heavy atom. The summed E-state index contributed by atoms with van der Waals surface area (Å²) in [6.07, 6.45) is 2.31. The van der Waals surface area contributed by atoms with Gasteiger partial charge in [0.2, 0.25) is 21.8 Å². The summed E-state index contributed by atoms with van der Waals surface area (Å²) in [6, 6.07) is 7.13. The zero-order valence-corrected chi connectivity index (χ0v) is 13.6. The summed E-state index contributed by atoms with van der Waals surface area (Å²) < 4.78 is 23.6. The molecular weight excluding hydrogens is 328 g/mol. The van der Waals surface area contributed by atoms with Gasteiger partial charge in [0.15, 0.2) is 0 Å². The number of sulfonamides is 1. The Bertz CT molecular complexity index is 681. The molecule has 22 heavy (non-hydrogen) atoms. The van der Waals surface area contributed by atoms with Gasteiger partial charge in [0.25, 0.3) is 0 Å². The number of hydrogen-bond acceptors (Lipinski definition) is 4. The minimum absolute atomic E-state index is 0.0878. The maximum absolute atomic E-state index is 12.3. The molecule has 0 aromatic heterocycles. The zero-order chi connectivity index (χ0) is 16.4. The first-order chi connectivity index (χ1) is 10.2. The third-order valence-electron chi connectivity index (χ3n) is 3.52. The average Bonchev–Trinajstić information content (AvgIpc) is 3.18. The van der Waals surface area contributed by atoms with Crippen LogP contribution in [0.4, 0.5) is 0 Å². The molecule has 2 N–H and O–H groups in total. The number of carbonyl (C=O) groups is 2. The highest BCUT2D eigenvalue weighted by Gasteiger charge is 2.50. The van der Waals surface area contributed by atoms with E-state index in [1.165, 1.54) is 0 Å². The van der Waals surface area contributed by atoms with Crippen molar-refractivity contribution in [2.45, 2.75) is 24.7 Å². The van der Waals surface area contributed by atoms with Gasteiger partial charge in [-0.15, -0.1) is 0 Å². The van der Waals surface area contributed by atoms with E-state index in [1.807, 2.05) is 16.9 Å². The SMILES string of the molecule is CS(=O)(=O)NC(=O)CCNC(=O)C1(c2ccc(Cl)cc2)CC1. The number of halogens is 1. The van der Waals surface area contributed by atoms with Crippen molar-refractivity contribution in [1.29, 1.82) is 0 Å². The predicted molar refractivity (Wildman–Crippen MR) is 83.0 cm³/mol. The largest absolute Gasteiger partial charge is 0.355 e. The van der Waals surface area contributed by atoms with Gasteiger partial charge in [-0.05, 0) is 30.5 Å².